The van der Waals surface area contributed by atoms with Crippen LogP contribution in [0, 0.1) is 5.92 Å². The third-order valence-electron chi connectivity index (χ3n) is 17.7. The lowest BCUT2D eigenvalue weighted by molar-refractivity contribution is -0.307. The molecule has 33 heteroatoms. The van der Waals surface area contributed by atoms with Crippen LogP contribution in [0.3, 0.4) is 0 Å². The smallest absolute Gasteiger partial charge is 0.355 e. The summed E-state index contributed by atoms with van der Waals surface area (Å²) in [6.07, 6.45) is -0.199. The Hall–Kier alpha value is -11.0. The van der Waals surface area contributed by atoms with E-state index in [2.05, 4.69) is 47.3 Å². The van der Waals surface area contributed by atoms with Crippen LogP contribution < -0.4 is 63.0 Å². The number of para-hydroxylation sites is 1. The standard InChI is InChI=1S/C72H86N12O20S/c1-6-26-73-69(95)77-46-15-12-17-48(36-46)105(98,99)82-47-16-11-14-43(35-47)55(38-60(86)87)80-71(97)76-45-23-21-44(22-24-45)75-70(96)74-27-30-101-32-34-102-33-31-100-29-25-59(85)78-56(39-61(88)89)66(92)83-28-13-20-57(83)64(90)81-62(42(4)5)67(93)104-72(8-3)53-37-58-63-51(40-84(58)65(91)52(53)41-103-68(72)94)49(7-2)50-18-9-10-19-54(50)79-63/h9-12,14-19,21-24,35-37,42,55-57,62,82H,6-8,13,20,25-34,38-41H2,1-5H3,(H,78,85)(H,81,90)(H,86,87)(H,88,89)(H2,73,77,95)(H2,74,75,96)(H2,76,80,97)/p-2/t55-,56+,57+,62+,72+/m1/s1. The van der Waals surface area contributed by atoms with Gasteiger partial charge in [0.1, 0.15) is 24.7 Å². The molecular weight excluding hydrogens is 1380 g/mol. The third kappa shape index (κ3) is 19.8. The third-order valence-corrected chi connectivity index (χ3v) is 19.1. The van der Waals surface area contributed by atoms with Crippen LogP contribution in [0.15, 0.2) is 113 Å². The number of carbonyl (C=O) groups excluding carboxylic acids is 10. The van der Waals surface area contributed by atoms with Crippen LogP contribution in [0.1, 0.15) is 113 Å². The number of carbonyl (C=O) groups is 10. The van der Waals surface area contributed by atoms with Crippen LogP contribution in [0.25, 0.3) is 22.3 Å². The number of esters is 2. The van der Waals surface area contributed by atoms with Gasteiger partial charge < -0.3 is 95.5 Å². The summed E-state index contributed by atoms with van der Waals surface area (Å²) < 4.78 is 59.0. The van der Waals surface area contributed by atoms with E-state index in [0.29, 0.717) is 42.9 Å². The zero-order valence-corrected chi connectivity index (χ0v) is 59.4. The van der Waals surface area contributed by atoms with Crippen molar-refractivity contribution in [1.29, 1.82) is 0 Å². The first-order valence-corrected chi connectivity index (χ1v) is 35.9. The van der Waals surface area contributed by atoms with Crippen molar-refractivity contribution in [3.05, 3.63) is 141 Å². The minimum atomic E-state index is -4.20. The van der Waals surface area contributed by atoms with Crippen molar-refractivity contribution >= 4 is 103 Å². The quantitative estimate of drug-likeness (QED) is 0.0203. The number of amides is 9. The summed E-state index contributed by atoms with van der Waals surface area (Å²) in [5.74, 6) is -8.08. The van der Waals surface area contributed by atoms with Crippen molar-refractivity contribution in [2.75, 3.05) is 79.9 Å². The fourth-order valence-electron chi connectivity index (χ4n) is 12.5. The number of anilines is 4. The number of urea groups is 3. The molecule has 4 aromatic carbocycles. The zero-order valence-electron chi connectivity index (χ0n) is 58.6. The molecule has 9 rings (SSSR count). The number of likely N-dealkylation sites (tertiary alicyclic amines) is 1. The highest BCUT2D eigenvalue weighted by molar-refractivity contribution is 7.92. The first kappa shape index (κ1) is 78.1. The molecule has 6 aromatic rings. The average Bonchev–Trinajstić information content (AvgIpc) is 1.63. The van der Waals surface area contributed by atoms with Gasteiger partial charge in [0.15, 0.2) is 0 Å². The molecule has 9 amide bonds. The van der Waals surface area contributed by atoms with E-state index in [-0.39, 0.29) is 124 Å². The Morgan fingerprint density at radius 3 is 2.02 bits per heavy atom. The largest absolute Gasteiger partial charge is 0.550 e. The summed E-state index contributed by atoms with van der Waals surface area (Å²) in [7, 11) is -4.20. The Morgan fingerprint density at radius 1 is 0.695 bits per heavy atom. The molecule has 0 unspecified atom stereocenters. The highest BCUT2D eigenvalue weighted by Gasteiger charge is 2.52. The number of aliphatic carboxylic acids is 2. The molecule has 5 atom stereocenters. The van der Waals surface area contributed by atoms with Crippen molar-refractivity contribution in [1.82, 2.24) is 41.0 Å². The molecule has 1 fully saturated rings. The maximum atomic E-state index is 14.4. The van der Waals surface area contributed by atoms with Gasteiger partial charge in [-0.05, 0) is 116 Å². The highest BCUT2D eigenvalue weighted by atomic mass is 32.2. The van der Waals surface area contributed by atoms with Gasteiger partial charge in [0, 0.05) is 90.1 Å². The molecule has 0 bridgehead atoms. The van der Waals surface area contributed by atoms with Gasteiger partial charge in [-0.15, -0.1) is 0 Å². The van der Waals surface area contributed by atoms with Gasteiger partial charge in [-0.2, -0.15) is 0 Å². The second kappa shape index (κ2) is 35.9. The molecule has 0 aliphatic carbocycles. The van der Waals surface area contributed by atoms with Crippen molar-refractivity contribution in [2.24, 2.45) is 5.92 Å². The van der Waals surface area contributed by atoms with Crippen LogP contribution in [0.4, 0.5) is 37.1 Å². The van der Waals surface area contributed by atoms with E-state index in [0.717, 1.165) is 26.9 Å². The van der Waals surface area contributed by atoms with Gasteiger partial charge in [-0.3, -0.25) is 23.9 Å². The number of carboxylic acid groups (broad SMARTS) is 2. The second-order valence-corrected chi connectivity index (χ2v) is 27.0. The van der Waals surface area contributed by atoms with Crippen molar-refractivity contribution < 1.29 is 90.3 Å². The van der Waals surface area contributed by atoms with E-state index in [1.807, 2.05) is 38.1 Å². The molecular formula is C72H84N12O20S-2. The number of cyclic esters (lactones) is 1. The van der Waals surface area contributed by atoms with E-state index in [1.165, 1.54) is 72.8 Å². The average molecular weight is 1470 g/mol. The van der Waals surface area contributed by atoms with E-state index < -0.39 is 124 Å². The molecule has 5 heterocycles. The number of aromatic nitrogens is 2. The van der Waals surface area contributed by atoms with E-state index in [9.17, 15) is 71.4 Å². The molecule has 105 heavy (non-hydrogen) atoms. The van der Waals surface area contributed by atoms with Crippen LogP contribution in [0.5, 0.6) is 0 Å². The molecule has 2 aromatic heterocycles. The molecule has 0 spiro atoms. The number of aryl methyl sites for hydroxylation is 1. The van der Waals surface area contributed by atoms with Gasteiger partial charge in [0.05, 0.1) is 79.6 Å². The molecule has 0 radical (unpaired) electrons. The lowest BCUT2D eigenvalue weighted by Crippen LogP contribution is -2.57. The van der Waals surface area contributed by atoms with Crippen molar-refractivity contribution in [3.63, 3.8) is 0 Å². The summed E-state index contributed by atoms with van der Waals surface area (Å²) in [6.45, 7) is 9.64. The molecule has 3 aliphatic heterocycles. The normalized spacial score (nSPS) is 15.9. The van der Waals surface area contributed by atoms with Crippen LogP contribution >= 0.6 is 0 Å². The Balaban J connectivity index is 0.657. The molecule has 560 valence electrons. The maximum Gasteiger partial charge on any atom is 0.355 e. The zero-order chi connectivity index (χ0) is 75.5. The van der Waals surface area contributed by atoms with E-state index in [4.69, 9.17) is 28.7 Å². The Morgan fingerprint density at radius 2 is 1.34 bits per heavy atom. The Kier molecular flexibility index (Phi) is 26.7. The van der Waals surface area contributed by atoms with E-state index in [1.54, 1.807) is 31.4 Å². The number of nitrogens with zero attached hydrogens (tertiary/aromatic N) is 3. The minimum Gasteiger partial charge on any atom is -0.550 e. The summed E-state index contributed by atoms with van der Waals surface area (Å²) >= 11 is 0. The SMILES string of the molecule is CCCNC(=O)Nc1cccc(S(=O)(=O)Nc2cccc([C@@H](CC(=O)[O-])NC(=O)Nc3ccc(NC(=O)NCCOCCOCCOCCC(=O)N[C@@H](CC(=O)[O-])C(=O)N4CCC[C@H]4C(=O)N[C@H](C(=O)O[C@]4(CC)C(=O)OCc5c4cc4n(c5=O)Cc5c-4nc4ccccc4c5CC)C(C)C)cc3)c2)c1. The number of hydrogen-bond donors (Lipinski definition) is 9. The fourth-order valence-corrected chi connectivity index (χ4v) is 13.6. The second-order valence-electron chi connectivity index (χ2n) is 25.3. The number of ether oxygens (including phenoxy) is 5. The van der Waals surface area contributed by atoms with Crippen LogP contribution in [-0.4, -0.2) is 160 Å². The van der Waals surface area contributed by atoms with E-state index >= 15 is 0 Å². The number of hydrogen-bond acceptors (Lipinski definition) is 21. The maximum absolute atomic E-state index is 14.4. The van der Waals surface area contributed by atoms with Gasteiger partial charge in [0.25, 0.3) is 15.6 Å². The van der Waals surface area contributed by atoms with Gasteiger partial charge in [-0.25, -0.2) is 37.4 Å². The Bertz CT molecular complexity index is 4420. The summed E-state index contributed by atoms with van der Waals surface area (Å²) in [4.78, 5) is 152. The number of sulfonamides is 1. The number of carboxylic acids is 2. The highest BCUT2D eigenvalue weighted by Crippen LogP contribution is 2.43. The van der Waals surface area contributed by atoms with Crippen molar-refractivity contribution in [2.45, 2.75) is 134 Å². The number of fused-ring (bicyclic) bond motifs is 5. The van der Waals surface area contributed by atoms with Crippen molar-refractivity contribution in [3.8, 4) is 11.4 Å². The minimum absolute atomic E-state index is 0.0133. The summed E-state index contributed by atoms with van der Waals surface area (Å²) in [5.41, 5.74) is 2.56. The summed E-state index contributed by atoms with van der Waals surface area (Å²) in [5, 5.41) is 45.4. The molecule has 9 N–H and O–H groups in total. The van der Waals surface area contributed by atoms with Gasteiger partial charge >= 0.3 is 30.0 Å². The molecule has 1 saturated heterocycles. The summed E-state index contributed by atoms with van der Waals surface area (Å²) in [6, 6.07) is 19.4. The first-order valence-electron chi connectivity index (χ1n) is 34.4. The number of rotatable bonds is 35. The molecule has 0 saturated carbocycles. The fraction of sp³-hybridized carbons (Fsp3) is 0.417. The predicted molar refractivity (Wildman–Crippen MR) is 377 cm³/mol. The van der Waals surface area contributed by atoms with Crippen LogP contribution in [0.2, 0.25) is 0 Å². The number of benzene rings is 4. The van der Waals surface area contributed by atoms with Crippen LogP contribution in [-0.2, 0) is 92.4 Å². The lowest BCUT2D eigenvalue weighted by atomic mass is 9.85. The first-order chi connectivity index (χ1) is 50.3. The predicted octanol–water partition coefficient (Wildman–Crippen LogP) is 3.55. The topological polar surface area (TPSA) is 444 Å². The van der Waals surface area contributed by atoms with Gasteiger partial charge in [-0.1, -0.05) is 71.0 Å². The molecule has 32 nitrogen and oxygen atoms in total. The Labute approximate surface area is 604 Å². The van der Waals surface area contributed by atoms with Gasteiger partial charge in [0.2, 0.25) is 23.3 Å². The molecule has 3 aliphatic rings. The monoisotopic (exact) mass is 1470 g/mol. The number of pyridine rings is 2. The number of nitrogens with one attached hydrogen (secondary N) is 9. The lowest BCUT2D eigenvalue weighted by Gasteiger charge is -2.37.